The predicted octanol–water partition coefficient (Wildman–Crippen LogP) is 1.78. The van der Waals surface area contributed by atoms with Gasteiger partial charge < -0.3 is 4.98 Å². The third-order valence-electron chi connectivity index (χ3n) is 2.63. The maximum absolute atomic E-state index is 12.0. The maximum Gasteiger partial charge on any atom is 0.204 e. The summed E-state index contributed by atoms with van der Waals surface area (Å²) in [6.45, 7) is 0. The van der Waals surface area contributed by atoms with Crippen molar-refractivity contribution in [2.45, 2.75) is 6.42 Å². The molecule has 0 amide bonds. The van der Waals surface area contributed by atoms with Crippen molar-refractivity contribution in [1.82, 2.24) is 19.9 Å². The maximum atomic E-state index is 12.0. The zero-order chi connectivity index (χ0) is 12.4. The lowest BCUT2D eigenvalue weighted by molar-refractivity contribution is 0.0983. The lowest BCUT2D eigenvalue weighted by atomic mass is 10.1. The number of hydrogen-bond acceptors (Lipinski definition) is 4. The van der Waals surface area contributed by atoms with E-state index in [0.29, 0.717) is 12.1 Å². The molecule has 88 valence electrons. The highest BCUT2D eigenvalue weighted by Gasteiger charge is 2.11. The van der Waals surface area contributed by atoms with Gasteiger partial charge in [0.25, 0.3) is 0 Å². The van der Waals surface area contributed by atoms with E-state index in [1.165, 1.54) is 6.33 Å². The van der Waals surface area contributed by atoms with Crippen LogP contribution in [0.4, 0.5) is 0 Å². The van der Waals surface area contributed by atoms with E-state index >= 15 is 0 Å². The van der Waals surface area contributed by atoms with Crippen LogP contribution in [0.2, 0.25) is 0 Å². The largest absolute Gasteiger partial charge is 0.342 e. The second-order valence-corrected chi connectivity index (χ2v) is 3.92. The topological polar surface area (TPSA) is 71.5 Å². The molecule has 1 aromatic carbocycles. The first-order valence-corrected chi connectivity index (χ1v) is 5.56. The number of nitrogens with one attached hydrogen (secondary N) is 1. The Labute approximate surface area is 103 Å². The molecular formula is C13H10N4O. The SMILES string of the molecule is O=C(Cc1ccccc1)c1ncc2[nH]cnc2n1. The second kappa shape index (κ2) is 4.37. The average Bonchev–Trinajstić information content (AvgIpc) is 2.87. The van der Waals surface area contributed by atoms with Gasteiger partial charge in [0, 0.05) is 6.42 Å². The van der Waals surface area contributed by atoms with Gasteiger partial charge >= 0.3 is 0 Å². The number of H-pyrrole nitrogens is 1. The Hall–Kier alpha value is -2.56. The van der Waals surface area contributed by atoms with Gasteiger partial charge in [-0.25, -0.2) is 15.0 Å². The van der Waals surface area contributed by atoms with E-state index in [1.54, 1.807) is 6.20 Å². The quantitative estimate of drug-likeness (QED) is 0.706. The number of Topliss-reactive ketones (excluding diaryl/α,β-unsaturated/α-hetero) is 1. The van der Waals surface area contributed by atoms with Crippen molar-refractivity contribution in [3.05, 3.63) is 54.2 Å². The Kier molecular flexibility index (Phi) is 2.57. The van der Waals surface area contributed by atoms with Crippen LogP contribution >= 0.6 is 0 Å². The number of carbonyl (C=O) groups is 1. The smallest absolute Gasteiger partial charge is 0.204 e. The monoisotopic (exact) mass is 238 g/mol. The van der Waals surface area contributed by atoms with Crippen LogP contribution in [0.1, 0.15) is 16.2 Å². The number of ketones is 1. The van der Waals surface area contributed by atoms with Crippen molar-refractivity contribution < 1.29 is 4.79 Å². The molecule has 18 heavy (non-hydrogen) atoms. The zero-order valence-electron chi connectivity index (χ0n) is 9.50. The molecule has 0 radical (unpaired) electrons. The second-order valence-electron chi connectivity index (χ2n) is 3.92. The highest BCUT2D eigenvalue weighted by Crippen LogP contribution is 2.07. The van der Waals surface area contributed by atoms with E-state index in [-0.39, 0.29) is 11.6 Å². The van der Waals surface area contributed by atoms with E-state index in [9.17, 15) is 4.79 Å². The molecule has 3 aromatic rings. The minimum Gasteiger partial charge on any atom is -0.342 e. The lowest BCUT2D eigenvalue weighted by Gasteiger charge is -1.99. The number of imidazole rings is 1. The fourth-order valence-corrected chi connectivity index (χ4v) is 1.73. The normalized spacial score (nSPS) is 10.7. The van der Waals surface area contributed by atoms with Crippen molar-refractivity contribution in [3.8, 4) is 0 Å². The summed E-state index contributed by atoms with van der Waals surface area (Å²) >= 11 is 0. The van der Waals surface area contributed by atoms with Crippen LogP contribution in [0.3, 0.4) is 0 Å². The van der Waals surface area contributed by atoms with Gasteiger partial charge in [-0.15, -0.1) is 0 Å². The molecule has 5 heteroatoms. The number of hydrogen-bond donors (Lipinski definition) is 1. The van der Waals surface area contributed by atoms with Crippen molar-refractivity contribution in [3.63, 3.8) is 0 Å². The molecule has 5 nitrogen and oxygen atoms in total. The molecule has 0 atom stereocenters. The van der Waals surface area contributed by atoms with E-state index in [2.05, 4.69) is 19.9 Å². The van der Waals surface area contributed by atoms with Crippen LogP contribution in [0.25, 0.3) is 11.2 Å². The molecular weight excluding hydrogens is 228 g/mol. The summed E-state index contributed by atoms with van der Waals surface area (Å²) in [5.41, 5.74) is 2.20. The number of aromatic amines is 1. The Morgan fingerprint density at radius 2 is 2.00 bits per heavy atom. The molecule has 0 spiro atoms. The molecule has 0 aliphatic heterocycles. The number of carbonyl (C=O) groups excluding carboxylic acids is 1. The molecule has 2 heterocycles. The molecule has 0 aliphatic carbocycles. The average molecular weight is 238 g/mol. The summed E-state index contributed by atoms with van der Waals surface area (Å²) in [6.07, 6.45) is 3.41. The number of benzene rings is 1. The van der Waals surface area contributed by atoms with Crippen molar-refractivity contribution in [2.75, 3.05) is 0 Å². The summed E-state index contributed by atoms with van der Waals surface area (Å²) in [4.78, 5) is 27.1. The zero-order valence-corrected chi connectivity index (χ0v) is 9.50. The lowest BCUT2D eigenvalue weighted by Crippen LogP contribution is -2.08. The van der Waals surface area contributed by atoms with Crippen molar-refractivity contribution in [2.24, 2.45) is 0 Å². The van der Waals surface area contributed by atoms with E-state index in [0.717, 1.165) is 11.1 Å². The Morgan fingerprint density at radius 1 is 1.17 bits per heavy atom. The minimum atomic E-state index is -0.105. The molecule has 0 aliphatic rings. The molecule has 0 saturated heterocycles. The van der Waals surface area contributed by atoms with Gasteiger partial charge in [-0.2, -0.15) is 0 Å². The molecule has 0 fully saturated rings. The van der Waals surface area contributed by atoms with Crippen LogP contribution in [0.5, 0.6) is 0 Å². The Balaban J connectivity index is 1.87. The highest BCUT2D eigenvalue weighted by molar-refractivity contribution is 5.95. The van der Waals surface area contributed by atoms with Crippen LogP contribution in [0, 0.1) is 0 Å². The van der Waals surface area contributed by atoms with Gasteiger partial charge in [-0.3, -0.25) is 4.79 Å². The third kappa shape index (κ3) is 1.98. The third-order valence-corrected chi connectivity index (χ3v) is 2.63. The van der Waals surface area contributed by atoms with E-state index < -0.39 is 0 Å². The summed E-state index contributed by atoms with van der Waals surface area (Å²) in [6, 6.07) is 9.54. The summed E-state index contributed by atoms with van der Waals surface area (Å²) in [5, 5.41) is 0. The van der Waals surface area contributed by atoms with Crippen molar-refractivity contribution >= 4 is 16.9 Å². The van der Waals surface area contributed by atoms with Crippen molar-refractivity contribution in [1.29, 1.82) is 0 Å². The van der Waals surface area contributed by atoms with Crippen LogP contribution in [0.15, 0.2) is 42.9 Å². The predicted molar refractivity (Wildman–Crippen MR) is 66.2 cm³/mol. The number of fused-ring (bicyclic) bond motifs is 1. The van der Waals surface area contributed by atoms with Crippen LogP contribution < -0.4 is 0 Å². The first-order valence-electron chi connectivity index (χ1n) is 5.56. The van der Waals surface area contributed by atoms with Gasteiger partial charge in [0.05, 0.1) is 12.5 Å². The molecule has 0 unspecified atom stereocenters. The molecule has 2 aromatic heterocycles. The van der Waals surface area contributed by atoms with Gasteiger partial charge in [0.1, 0.15) is 5.52 Å². The van der Waals surface area contributed by atoms with Crippen LogP contribution in [-0.4, -0.2) is 25.7 Å². The number of rotatable bonds is 3. The summed E-state index contributed by atoms with van der Waals surface area (Å²) in [7, 11) is 0. The van der Waals surface area contributed by atoms with Crippen LogP contribution in [-0.2, 0) is 6.42 Å². The fraction of sp³-hybridized carbons (Fsp3) is 0.0769. The number of nitrogens with zero attached hydrogens (tertiary/aromatic N) is 3. The van der Waals surface area contributed by atoms with Gasteiger partial charge in [0.15, 0.2) is 11.5 Å². The first kappa shape index (κ1) is 10.6. The number of aromatic nitrogens is 4. The van der Waals surface area contributed by atoms with Gasteiger partial charge in [0.2, 0.25) is 5.78 Å². The van der Waals surface area contributed by atoms with E-state index in [1.807, 2.05) is 30.3 Å². The van der Waals surface area contributed by atoms with Gasteiger partial charge in [-0.1, -0.05) is 30.3 Å². The standard InChI is InChI=1S/C13H10N4O/c18-11(6-9-4-2-1-3-5-9)13-14-7-10-12(17-13)16-8-15-10/h1-5,7-8H,6H2,(H,14,15,16,17). The minimum absolute atomic E-state index is 0.105. The first-order chi connectivity index (χ1) is 8.83. The summed E-state index contributed by atoms with van der Waals surface area (Å²) < 4.78 is 0. The molecule has 0 bridgehead atoms. The van der Waals surface area contributed by atoms with Gasteiger partial charge in [-0.05, 0) is 5.56 Å². The highest BCUT2D eigenvalue weighted by atomic mass is 16.1. The molecule has 1 N–H and O–H groups in total. The molecule has 3 rings (SSSR count). The molecule has 0 saturated carbocycles. The Morgan fingerprint density at radius 3 is 2.83 bits per heavy atom. The van der Waals surface area contributed by atoms with E-state index in [4.69, 9.17) is 0 Å². The Bertz CT molecular complexity index is 690. The summed E-state index contributed by atoms with van der Waals surface area (Å²) in [5.74, 6) is 0.101. The fourth-order valence-electron chi connectivity index (χ4n) is 1.73.